The summed E-state index contributed by atoms with van der Waals surface area (Å²) in [6.45, 7) is 3.45. The molecule has 0 radical (unpaired) electrons. The van der Waals surface area contributed by atoms with Crippen molar-refractivity contribution in [3.8, 4) is 0 Å². The molecule has 0 spiro atoms. The Balaban J connectivity index is 2.29. The SMILES string of the molecule is CC(C)CCC(=O)OCC(=O)c1c(N)n(Cc2ccccc2)c(=O)n(C)c1=O. The smallest absolute Gasteiger partial charge is 0.332 e. The van der Waals surface area contributed by atoms with E-state index in [2.05, 4.69) is 0 Å². The number of nitrogen functional groups attached to an aromatic ring is 1. The van der Waals surface area contributed by atoms with Gasteiger partial charge in [-0.15, -0.1) is 0 Å². The van der Waals surface area contributed by atoms with Crippen LogP contribution in [0.5, 0.6) is 0 Å². The van der Waals surface area contributed by atoms with Gasteiger partial charge in [0, 0.05) is 13.5 Å². The minimum absolute atomic E-state index is 0.105. The van der Waals surface area contributed by atoms with E-state index in [0.717, 1.165) is 14.7 Å². The van der Waals surface area contributed by atoms with Crippen molar-refractivity contribution in [3.63, 3.8) is 0 Å². The van der Waals surface area contributed by atoms with Crippen LogP contribution in [0.2, 0.25) is 0 Å². The predicted octanol–water partition coefficient (Wildman–Crippen LogP) is 1.34. The number of Topliss-reactive ketones (excluding diaryl/α,β-unsaturated/α-hetero) is 1. The van der Waals surface area contributed by atoms with Gasteiger partial charge < -0.3 is 10.5 Å². The second kappa shape index (κ2) is 9.16. The van der Waals surface area contributed by atoms with Crippen LogP contribution in [-0.2, 0) is 23.1 Å². The molecule has 28 heavy (non-hydrogen) atoms. The van der Waals surface area contributed by atoms with Gasteiger partial charge in [-0.1, -0.05) is 44.2 Å². The molecule has 0 aliphatic rings. The number of nitrogens with two attached hydrogens (primary N) is 1. The highest BCUT2D eigenvalue weighted by molar-refractivity contribution is 6.01. The number of anilines is 1. The molecule has 2 N–H and O–H groups in total. The molecule has 8 heteroatoms. The van der Waals surface area contributed by atoms with Crippen LogP contribution < -0.4 is 17.0 Å². The zero-order valence-corrected chi connectivity index (χ0v) is 16.3. The number of nitrogens with zero attached hydrogens (tertiary/aromatic N) is 2. The summed E-state index contributed by atoms with van der Waals surface area (Å²) in [5, 5.41) is 0. The molecule has 0 unspecified atom stereocenters. The van der Waals surface area contributed by atoms with Crippen LogP contribution in [0.15, 0.2) is 39.9 Å². The fourth-order valence-electron chi connectivity index (χ4n) is 2.66. The molecule has 0 bridgehead atoms. The summed E-state index contributed by atoms with van der Waals surface area (Å²) < 4.78 is 6.95. The van der Waals surface area contributed by atoms with E-state index in [1.807, 2.05) is 19.9 Å². The molecule has 0 saturated carbocycles. The molecule has 1 heterocycles. The summed E-state index contributed by atoms with van der Waals surface area (Å²) in [6, 6.07) is 9.05. The van der Waals surface area contributed by atoms with Crippen LogP contribution in [0.25, 0.3) is 0 Å². The molecular weight excluding hydrogens is 362 g/mol. The lowest BCUT2D eigenvalue weighted by atomic mass is 10.1. The summed E-state index contributed by atoms with van der Waals surface area (Å²) in [4.78, 5) is 49.1. The van der Waals surface area contributed by atoms with E-state index in [-0.39, 0.29) is 24.3 Å². The lowest BCUT2D eigenvalue weighted by Crippen LogP contribution is -2.43. The molecule has 0 amide bonds. The number of hydrogen-bond donors (Lipinski definition) is 1. The summed E-state index contributed by atoms with van der Waals surface area (Å²) in [6.07, 6.45) is 0.824. The van der Waals surface area contributed by atoms with E-state index >= 15 is 0 Å². The van der Waals surface area contributed by atoms with Crippen LogP contribution in [-0.4, -0.2) is 27.5 Å². The van der Waals surface area contributed by atoms with Gasteiger partial charge in [-0.05, 0) is 17.9 Å². The Morgan fingerprint density at radius 1 is 1.14 bits per heavy atom. The van der Waals surface area contributed by atoms with Crippen LogP contribution >= 0.6 is 0 Å². The number of rotatable bonds is 8. The van der Waals surface area contributed by atoms with Gasteiger partial charge >= 0.3 is 11.7 Å². The molecule has 0 saturated heterocycles. The number of ether oxygens (including phenoxy) is 1. The maximum Gasteiger partial charge on any atom is 0.332 e. The Morgan fingerprint density at radius 2 is 1.79 bits per heavy atom. The molecule has 150 valence electrons. The molecule has 2 rings (SSSR count). The average molecular weight is 387 g/mol. The van der Waals surface area contributed by atoms with E-state index in [4.69, 9.17) is 10.5 Å². The van der Waals surface area contributed by atoms with Crippen molar-refractivity contribution in [1.82, 2.24) is 9.13 Å². The second-order valence-corrected chi connectivity index (χ2v) is 7.00. The molecule has 0 fully saturated rings. The summed E-state index contributed by atoms with van der Waals surface area (Å²) >= 11 is 0. The van der Waals surface area contributed by atoms with Gasteiger partial charge in [0.25, 0.3) is 5.56 Å². The molecule has 1 aromatic heterocycles. The zero-order chi connectivity index (χ0) is 20.8. The molecule has 0 aliphatic heterocycles. The molecular formula is C20H25N3O5. The minimum atomic E-state index is -0.810. The van der Waals surface area contributed by atoms with Crippen molar-refractivity contribution >= 4 is 17.6 Å². The monoisotopic (exact) mass is 387 g/mol. The van der Waals surface area contributed by atoms with Crippen LogP contribution in [0, 0.1) is 5.92 Å². The van der Waals surface area contributed by atoms with Crippen molar-refractivity contribution in [2.24, 2.45) is 13.0 Å². The fourth-order valence-corrected chi connectivity index (χ4v) is 2.66. The maximum atomic E-state index is 12.5. The minimum Gasteiger partial charge on any atom is -0.457 e. The summed E-state index contributed by atoms with van der Waals surface area (Å²) in [7, 11) is 1.27. The van der Waals surface area contributed by atoms with Gasteiger partial charge in [-0.25, -0.2) is 4.79 Å². The Morgan fingerprint density at radius 3 is 2.39 bits per heavy atom. The number of hydrogen-bond acceptors (Lipinski definition) is 6. The third kappa shape index (κ3) is 4.97. The van der Waals surface area contributed by atoms with Gasteiger partial charge in [0.2, 0.25) is 5.78 Å². The largest absolute Gasteiger partial charge is 0.457 e. The first-order valence-electron chi connectivity index (χ1n) is 9.04. The highest BCUT2D eigenvalue weighted by Crippen LogP contribution is 2.10. The van der Waals surface area contributed by atoms with E-state index in [1.54, 1.807) is 24.3 Å². The topological polar surface area (TPSA) is 113 Å². The Kier molecular flexibility index (Phi) is 6.92. The van der Waals surface area contributed by atoms with Crippen LogP contribution in [0.4, 0.5) is 5.82 Å². The standard InChI is InChI=1S/C20H25N3O5/c1-13(2)9-10-16(25)28-12-15(24)17-18(21)23(20(27)22(3)19(17)26)11-14-7-5-4-6-8-14/h4-8,13H,9-12,21H2,1-3H3. The third-order valence-electron chi connectivity index (χ3n) is 4.34. The predicted molar refractivity (Wildman–Crippen MR) is 105 cm³/mol. The zero-order valence-electron chi connectivity index (χ0n) is 16.3. The number of ketones is 1. The third-order valence-corrected chi connectivity index (χ3v) is 4.34. The highest BCUT2D eigenvalue weighted by Gasteiger charge is 2.22. The highest BCUT2D eigenvalue weighted by atomic mass is 16.5. The quantitative estimate of drug-likeness (QED) is 0.540. The Bertz CT molecular complexity index is 974. The van der Waals surface area contributed by atoms with E-state index < -0.39 is 29.6 Å². The van der Waals surface area contributed by atoms with Gasteiger partial charge in [0.05, 0.1) is 6.54 Å². The summed E-state index contributed by atoms with van der Waals surface area (Å²) in [5.41, 5.74) is 4.99. The van der Waals surface area contributed by atoms with Gasteiger partial charge in [0.15, 0.2) is 6.61 Å². The Hall–Kier alpha value is -3.16. The van der Waals surface area contributed by atoms with Crippen molar-refractivity contribution in [2.45, 2.75) is 33.2 Å². The van der Waals surface area contributed by atoms with E-state index in [0.29, 0.717) is 12.3 Å². The average Bonchev–Trinajstić information content (AvgIpc) is 2.67. The first-order chi connectivity index (χ1) is 13.2. The Labute approximate surface area is 162 Å². The first-order valence-corrected chi connectivity index (χ1v) is 9.04. The lowest BCUT2D eigenvalue weighted by molar-refractivity contribution is -0.142. The van der Waals surface area contributed by atoms with Crippen LogP contribution in [0.3, 0.4) is 0 Å². The molecule has 0 aliphatic carbocycles. The second-order valence-electron chi connectivity index (χ2n) is 7.00. The number of carbonyl (C=O) groups excluding carboxylic acids is 2. The van der Waals surface area contributed by atoms with Crippen molar-refractivity contribution in [1.29, 1.82) is 0 Å². The molecule has 0 atom stereocenters. The molecule has 8 nitrogen and oxygen atoms in total. The van der Waals surface area contributed by atoms with Crippen molar-refractivity contribution in [3.05, 3.63) is 62.3 Å². The number of carbonyl (C=O) groups is 2. The first kappa shape index (κ1) is 21.1. The molecule has 2 aromatic rings. The van der Waals surface area contributed by atoms with Crippen LogP contribution in [0.1, 0.15) is 42.6 Å². The number of esters is 1. The van der Waals surface area contributed by atoms with Gasteiger partial charge in [-0.3, -0.25) is 23.5 Å². The molecule has 1 aromatic carbocycles. The number of aromatic nitrogens is 2. The number of benzene rings is 1. The van der Waals surface area contributed by atoms with E-state index in [1.165, 1.54) is 7.05 Å². The maximum absolute atomic E-state index is 12.5. The normalized spacial score (nSPS) is 10.9. The van der Waals surface area contributed by atoms with Crippen molar-refractivity contribution in [2.75, 3.05) is 12.3 Å². The van der Waals surface area contributed by atoms with Gasteiger partial charge in [-0.2, -0.15) is 0 Å². The summed E-state index contributed by atoms with van der Waals surface area (Å²) in [5.74, 6) is -1.17. The van der Waals surface area contributed by atoms with Gasteiger partial charge in [0.1, 0.15) is 11.4 Å². The van der Waals surface area contributed by atoms with Crippen molar-refractivity contribution < 1.29 is 14.3 Å². The lowest BCUT2D eigenvalue weighted by Gasteiger charge is -2.15. The fraction of sp³-hybridized carbons (Fsp3) is 0.400. The van der Waals surface area contributed by atoms with E-state index in [9.17, 15) is 19.2 Å².